The lowest BCUT2D eigenvalue weighted by Gasteiger charge is -2.39. The lowest BCUT2D eigenvalue weighted by molar-refractivity contribution is -0.133. The van der Waals surface area contributed by atoms with Crippen molar-refractivity contribution >= 4 is 11.8 Å². The molecule has 5 heteroatoms. The van der Waals surface area contributed by atoms with Crippen LogP contribution in [0.25, 0.3) is 0 Å². The van der Waals surface area contributed by atoms with Crippen molar-refractivity contribution in [1.29, 1.82) is 0 Å². The largest absolute Gasteiger partial charge is 0.350 e. The van der Waals surface area contributed by atoms with Gasteiger partial charge in [-0.25, -0.2) is 0 Å². The van der Waals surface area contributed by atoms with Crippen LogP contribution in [0.3, 0.4) is 0 Å². The first kappa shape index (κ1) is 15.0. The van der Waals surface area contributed by atoms with E-state index in [0.29, 0.717) is 6.54 Å². The highest BCUT2D eigenvalue weighted by atomic mass is 16.2. The molecule has 0 unspecified atom stereocenters. The molecule has 0 aliphatic heterocycles. The van der Waals surface area contributed by atoms with E-state index in [-0.39, 0.29) is 23.9 Å². The highest BCUT2D eigenvalue weighted by Crippen LogP contribution is 2.23. The number of nitrogens with one attached hydrogen (secondary N) is 1. The maximum Gasteiger partial charge on any atom is 0.236 e. The standard InChI is InChI=1S/C13H25N3O2/c1-4-16(10(3)17)12-8-6-5-7-11(12)15-13(18)9(2)14/h9,11-12H,4-8,14H2,1-3H3,(H,15,18)/t9-,11-,12+/m0/s1. The number of rotatable bonds is 4. The molecule has 0 aromatic heterocycles. The van der Waals surface area contributed by atoms with Crippen LogP contribution >= 0.6 is 0 Å². The van der Waals surface area contributed by atoms with Crippen molar-refractivity contribution in [2.24, 2.45) is 5.73 Å². The summed E-state index contributed by atoms with van der Waals surface area (Å²) in [5, 5.41) is 2.98. The summed E-state index contributed by atoms with van der Waals surface area (Å²) in [6.07, 6.45) is 4.08. The van der Waals surface area contributed by atoms with Gasteiger partial charge in [-0.1, -0.05) is 12.8 Å². The van der Waals surface area contributed by atoms with Gasteiger partial charge in [-0.3, -0.25) is 9.59 Å². The highest BCUT2D eigenvalue weighted by molar-refractivity contribution is 5.81. The van der Waals surface area contributed by atoms with Crippen LogP contribution in [-0.2, 0) is 9.59 Å². The fraction of sp³-hybridized carbons (Fsp3) is 0.846. The summed E-state index contributed by atoms with van der Waals surface area (Å²) in [5.74, 6) is -0.0593. The fourth-order valence-electron chi connectivity index (χ4n) is 2.66. The summed E-state index contributed by atoms with van der Waals surface area (Å²) < 4.78 is 0. The number of amides is 2. The van der Waals surface area contributed by atoms with E-state index in [1.54, 1.807) is 13.8 Å². The van der Waals surface area contributed by atoms with Crippen LogP contribution < -0.4 is 11.1 Å². The quantitative estimate of drug-likeness (QED) is 0.773. The van der Waals surface area contributed by atoms with Crippen LogP contribution in [0.15, 0.2) is 0 Å². The molecule has 0 radical (unpaired) electrons. The zero-order valence-corrected chi connectivity index (χ0v) is 11.6. The molecule has 0 heterocycles. The van der Waals surface area contributed by atoms with Crippen LogP contribution in [0, 0.1) is 0 Å². The molecule has 0 saturated heterocycles. The Morgan fingerprint density at radius 3 is 2.50 bits per heavy atom. The fourth-order valence-corrected chi connectivity index (χ4v) is 2.66. The molecule has 1 rings (SSSR count). The van der Waals surface area contributed by atoms with Gasteiger partial charge in [0.2, 0.25) is 11.8 Å². The minimum atomic E-state index is -0.500. The SMILES string of the molecule is CCN(C(C)=O)[C@@H]1CCCC[C@@H]1NC(=O)[C@H](C)N. The van der Waals surface area contributed by atoms with Crippen LogP contribution in [0.5, 0.6) is 0 Å². The highest BCUT2D eigenvalue weighted by Gasteiger charge is 2.32. The Morgan fingerprint density at radius 2 is 2.00 bits per heavy atom. The smallest absolute Gasteiger partial charge is 0.236 e. The second-order valence-corrected chi connectivity index (χ2v) is 5.06. The van der Waals surface area contributed by atoms with Gasteiger partial charge in [0.15, 0.2) is 0 Å². The number of nitrogens with two attached hydrogens (primary N) is 1. The lowest BCUT2D eigenvalue weighted by atomic mass is 9.88. The van der Waals surface area contributed by atoms with E-state index in [1.165, 1.54) is 0 Å². The molecule has 5 nitrogen and oxygen atoms in total. The Bertz CT molecular complexity index is 305. The van der Waals surface area contributed by atoms with Gasteiger partial charge in [0.1, 0.15) is 0 Å². The van der Waals surface area contributed by atoms with E-state index in [9.17, 15) is 9.59 Å². The number of nitrogens with zero attached hydrogens (tertiary/aromatic N) is 1. The summed E-state index contributed by atoms with van der Waals surface area (Å²) in [7, 11) is 0. The van der Waals surface area contributed by atoms with E-state index in [2.05, 4.69) is 5.32 Å². The Balaban J connectivity index is 2.73. The number of carbonyl (C=O) groups is 2. The van der Waals surface area contributed by atoms with Gasteiger partial charge in [0, 0.05) is 19.5 Å². The van der Waals surface area contributed by atoms with Crippen LogP contribution in [0.1, 0.15) is 46.5 Å². The Morgan fingerprint density at radius 1 is 1.39 bits per heavy atom. The van der Waals surface area contributed by atoms with Gasteiger partial charge in [0.05, 0.1) is 12.1 Å². The average molecular weight is 255 g/mol. The predicted octanol–water partition coefficient (Wildman–Crippen LogP) is 0.629. The van der Waals surface area contributed by atoms with E-state index in [0.717, 1.165) is 25.7 Å². The van der Waals surface area contributed by atoms with Crippen molar-refractivity contribution in [1.82, 2.24) is 10.2 Å². The van der Waals surface area contributed by atoms with Crippen LogP contribution in [0.2, 0.25) is 0 Å². The van der Waals surface area contributed by atoms with Crippen molar-refractivity contribution in [3.05, 3.63) is 0 Å². The third-order valence-corrected chi connectivity index (χ3v) is 3.62. The first-order valence-electron chi connectivity index (χ1n) is 6.80. The zero-order valence-electron chi connectivity index (χ0n) is 11.6. The molecule has 1 aliphatic rings. The number of hydrogen-bond donors (Lipinski definition) is 2. The minimum absolute atomic E-state index is 0.0427. The van der Waals surface area contributed by atoms with Crippen LogP contribution in [-0.4, -0.2) is 41.4 Å². The summed E-state index contributed by atoms with van der Waals surface area (Å²) in [6.45, 7) is 5.92. The minimum Gasteiger partial charge on any atom is -0.350 e. The molecule has 2 amide bonds. The predicted molar refractivity (Wildman–Crippen MR) is 70.9 cm³/mol. The first-order chi connectivity index (χ1) is 8.47. The average Bonchev–Trinajstić information content (AvgIpc) is 2.31. The molecule has 3 N–H and O–H groups in total. The lowest BCUT2D eigenvalue weighted by Crippen LogP contribution is -2.56. The van der Waals surface area contributed by atoms with E-state index in [1.807, 2.05) is 11.8 Å². The molecular weight excluding hydrogens is 230 g/mol. The number of carbonyl (C=O) groups excluding carboxylic acids is 2. The summed E-state index contributed by atoms with van der Waals surface area (Å²) in [5.41, 5.74) is 5.57. The van der Waals surface area contributed by atoms with Gasteiger partial charge in [-0.15, -0.1) is 0 Å². The first-order valence-corrected chi connectivity index (χ1v) is 6.80. The van der Waals surface area contributed by atoms with Crippen molar-refractivity contribution in [3.63, 3.8) is 0 Å². The molecule has 0 aromatic rings. The summed E-state index contributed by atoms with van der Waals surface area (Å²) in [6, 6.07) is -0.343. The maximum absolute atomic E-state index is 11.7. The number of hydrogen-bond acceptors (Lipinski definition) is 3. The maximum atomic E-state index is 11.7. The Hall–Kier alpha value is -1.10. The van der Waals surface area contributed by atoms with Crippen molar-refractivity contribution in [2.45, 2.75) is 64.6 Å². The van der Waals surface area contributed by atoms with E-state index in [4.69, 9.17) is 5.73 Å². The van der Waals surface area contributed by atoms with Gasteiger partial charge in [0.25, 0.3) is 0 Å². The zero-order chi connectivity index (χ0) is 13.7. The second kappa shape index (κ2) is 6.73. The second-order valence-electron chi connectivity index (χ2n) is 5.06. The van der Waals surface area contributed by atoms with Crippen molar-refractivity contribution in [2.75, 3.05) is 6.54 Å². The Kier molecular flexibility index (Phi) is 5.59. The molecular formula is C13H25N3O2. The molecule has 0 aromatic carbocycles. The van der Waals surface area contributed by atoms with Crippen LogP contribution in [0.4, 0.5) is 0 Å². The monoisotopic (exact) mass is 255 g/mol. The van der Waals surface area contributed by atoms with Gasteiger partial charge < -0.3 is 16.0 Å². The summed E-state index contributed by atoms with van der Waals surface area (Å²) in [4.78, 5) is 25.2. The van der Waals surface area contributed by atoms with Gasteiger partial charge in [-0.05, 0) is 26.7 Å². The molecule has 1 aliphatic carbocycles. The molecule has 1 saturated carbocycles. The Labute approximate surface area is 109 Å². The third kappa shape index (κ3) is 3.70. The molecule has 1 fully saturated rings. The van der Waals surface area contributed by atoms with E-state index >= 15 is 0 Å². The number of likely N-dealkylation sites (N-methyl/N-ethyl adjacent to an activating group) is 1. The van der Waals surface area contributed by atoms with Crippen molar-refractivity contribution in [3.8, 4) is 0 Å². The normalized spacial score (nSPS) is 25.3. The molecule has 0 spiro atoms. The molecule has 18 heavy (non-hydrogen) atoms. The molecule has 0 bridgehead atoms. The van der Waals surface area contributed by atoms with Gasteiger partial charge in [-0.2, -0.15) is 0 Å². The van der Waals surface area contributed by atoms with Gasteiger partial charge >= 0.3 is 0 Å². The topological polar surface area (TPSA) is 75.4 Å². The molecule has 3 atom stereocenters. The molecule has 104 valence electrons. The van der Waals surface area contributed by atoms with E-state index < -0.39 is 6.04 Å². The third-order valence-electron chi connectivity index (χ3n) is 3.62. The summed E-state index contributed by atoms with van der Waals surface area (Å²) >= 11 is 0. The van der Waals surface area contributed by atoms with Crippen molar-refractivity contribution < 1.29 is 9.59 Å².